The van der Waals surface area contributed by atoms with Gasteiger partial charge in [-0.1, -0.05) is 29.3 Å². The minimum atomic E-state index is -0.214. The van der Waals surface area contributed by atoms with Crippen LogP contribution >= 0.6 is 35.0 Å². The third-order valence-electron chi connectivity index (χ3n) is 2.28. The van der Waals surface area contributed by atoms with Gasteiger partial charge in [-0.2, -0.15) is 0 Å². The molecule has 2 aromatic rings. The van der Waals surface area contributed by atoms with E-state index in [1.807, 2.05) is 0 Å². The fourth-order valence-electron chi connectivity index (χ4n) is 1.38. The van der Waals surface area contributed by atoms with Gasteiger partial charge in [0.1, 0.15) is 5.69 Å². The van der Waals surface area contributed by atoms with Gasteiger partial charge < -0.3 is 5.11 Å². The lowest BCUT2D eigenvalue weighted by molar-refractivity contribution is 0.108. The number of benzene rings is 1. The average Bonchev–Trinajstić information content (AvgIpc) is 2.43. The number of rotatable bonds is 3. The Morgan fingerprint density at radius 2 is 2.00 bits per heavy atom. The Morgan fingerprint density at radius 1 is 1.21 bits per heavy atom. The van der Waals surface area contributed by atoms with Crippen LogP contribution in [-0.2, 0) is 6.61 Å². The van der Waals surface area contributed by atoms with Crippen LogP contribution in [0.3, 0.4) is 0 Å². The first-order chi connectivity index (χ1) is 9.10. The first kappa shape index (κ1) is 14.3. The summed E-state index contributed by atoms with van der Waals surface area (Å²) in [5, 5.41) is 9.62. The molecule has 6 heteroatoms. The van der Waals surface area contributed by atoms with Crippen molar-refractivity contribution < 1.29 is 9.90 Å². The van der Waals surface area contributed by atoms with Crippen LogP contribution in [0.1, 0.15) is 16.2 Å². The van der Waals surface area contributed by atoms with E-state index in [4.69, 9.17) is 28.3 Å². The molecule has 0 aliphatic heterocycles. The van der Waals surface area contributed by atoms with Gasteiger partial charge in [-0.3, -0.25) is 4.79 Å². The molecule has 19 heavy (non-hydrogen) atoms. The second-order valence-corrected chi connectivity index (χ2v) is 5.50. The standard InChI is InChI=1S/C13H9Cl2NO2S/c14-10-5-4-9(6-11(10)15)19-13(18)12-3-1-2-8(7-17)16-12/h1-6,17H,7H2. The number of aliphatic hydroxyl groups excluding tert-OH is 1. The first-order valence-corrected chi connectivity index (χ1v) is 6.91. The van der Waals surface area contributed by atoms with Crippen LogP contribution in [0.15, 0.2) is 41.3 Å². The smallest absolute Gasteiger partial charge is 0.242 e. The van der Waals surface area contributed by atoms with Gasteiger partial charge in [-0.25, -0.2) is 4.98 Å². The maximum absolute atomic E-state index is 12.0. The number of nitrogens with zero attached hydrogens (tertiary/aromatic N) is 1. The number of carbonyl (C=O) groups is 1. The summed E-state index contributed by atoms with van der Waals surface area (Å²) in [5.74, 6) is 0. The normalized spacial score (nSPS) is 10.5. The zero-order valence-corrected chi connectivity index (χ0v) is 12.0. The van der Waals surface area contributed by atoms with Crippen molar-refractivity contribution in [1.29, 1.82) is 0 Å². The Bertz CT molecular complexity index is 619. The van der Waals surface area contributed by atoms with Crippen molar-refractivity contribution in [1.82, 2.24) is 4.98 Å². The zero-order valence-electron chi connectivity index (χ0n) is 9.64. The topological polar surface area (TPSA) is 50.2 Å². The molecule has 0 amide bonds. The molecule has 98 valence electrons. The SMILES string of the molecule is O=C(Sc1ccc(Cl)c(Cl)c1)c1cccc(CO)n1. The van der Waals surface area contributed by atoms with E-state index in [0.717, 1.165) is 11.8 Å². The van der Waals surface area contributed by atoms with Crippen molar-refractivity contribution in [3.05, 3.63) is 57.8 Å². The Hall–Kier alpha value is -1.07. The molecule has 3 nitrogen and oxygen atoms in total. The maximum atomic E-state index is 12.0. The van der Waals surface area contributed by atoms with Crippen molar-refractivity contribution >= 4 is 40.1 Å². The summed E-state index contributed by atoms with van der Waals surface area (Å²) in [5.41, 5.74) is 0.753. The summed E-state index contributed by atoms with van der Waals surface area (Å²) >= 11 is 12.7. The fourth-order valence-corrected chi connectivity index (χ4v) is 2.49. The molecule has 0 saturated heterocycles. The van der Waals surface area contributed by atoms with Gasteiger partial charge in [0.2, 0.25) is 5.12 Å². The number of thioether (sulfide) groups is 1. The van der Waals surface area contributed by atoms with Crippen LogP contribution in [0, 0.1) is 0 Å². The quantitative estimate of drug-likeness (QED) is 0.875. The van der Waals surface area contributed by atoms with Crippen LogP contribution in [0.4, 0.5) is 0 Å². The molecule has 0 saturated carbocycles. The largest absolute Gasteiger partial charge is 0.390 e. The van der Waals surface area contributed by atoms with Gasteiger partial charge in [0, 0.05) is 4.90 Å². The molecular formula is C13H9Cl2NO2S. The van der Waals surface area contributed by atoms with Crippen molar-refractivity contribution in [3.63, 3.8) is 0 Å². The summed E-state index contributed by atoms with van der Waals surface area (Å²) in [6, 6.07) is 9.92. The molecule has 0 bridgehead atoms. The van der Waals surface area contributed by atoms with Crippen molar-refractivity contribution in [2.24, 2.45) is 0 Å². The van der Waals surface area contributed by atoms with Crippen molar-refractivity contribution in [3.8, 4) is 0 Å². The minimum absolute atomic E-state index is 0.196. The first-order valence-electron chi connectivity index (χ1n) is 5.34. The summed E-state index contributed by atoms with van der Waals surface area (Å²) in [7, 11) is 0. The van der Waals surface area contributed by atoms with Gasteiger partial charge in [0.25, 0.3) is 0 Å². The van der Waals surface area contributed by atoms with Gasteiger partial charge in [0.05, 0.1) is 22.3 Å². The molecule has 1 heterocycles. The van der Waals surface area contributed by atoms with E-state index < -0.39 is 0 Å². The minimum Gasteiger partial charge on any atom is -0.390 e. The van der Waals surface area contributed by atoms with Crippen LogP contribution in [0.2, 0.25) is 10.0 Å². The average molecular weight is 314 g/mol. The number of hydrogen-bond acceptors (Lipinski definition) is 4. The fraction of sp³-hybridized carbons (Fsp3) is 0.0769. The van der Waals surface area contributed by atoms with E-state index in [1.54, 1.807) is 36.4 Å². The van der Waals surface area contributed by atoms with E-state index >= 15 is 0 Å². The maximum Gasteiger partial charge on any atom is 0.242 e. The molecule has 0 spiro atoms. The van der Waals surface area contributed by atoms with Gasteiger partial charge in [0.15, 0.2) is 0 Å². The summed E-state index contributed by atoms with van der Waals surface area (Å²) in [6.07, 6.45) is 0. The second-order valence-electron chi connectivity index (χ2n) is 3.64. The Kier molecular flexibility index (Phi) is 4.82. The van der Waals surface area contributed by atoms with E-state index in [1.165, 1.54) is 0 Å². The lowest BCUT2D eigenvalue weighted by Gasteiger charge is -2.03. The zero-order chi connectivity index (χ0) is 13.8. The Morgan fingerprint density at radius 3 is 2.68 bits per heavy atom. The highest BCUT2D eigenvalue weighted by Crippen LogP contribution is 2.29. The highest BCUT2D eigenvalue weighted by atomic mass is 35.5. The van der Waals surface area contributed by atoms with Crippen LogP contribution in [0.5, 0.6) is 0 Å². The van der Waals surface area contributed by atoms with Crippen LogP contribution in [-0.4, -0.2) is 15.2 Å². The van der Waals surface area contributed by atoms with Crippen molar-refractivity contribution in [2.45, 2.75) is 11.5 Å². The number of carbonyl (C=O) groups excluding carboxylic acids is 1. The van der Waals surface area contributed by atoms with Crippen LogP contribution in [0.25, 0.3) is 0 Å². The molecular weight excluding hydrogens is 305 g/mol. The highest BCUT2D eigenvalue weighted by Gasteiger charge is 2.11. The van der Waals surface area contributed by atoms with Crippen LogP contribution < -0.4 is 0 Å². The summed E-state index contributed by atoms with van der Waals surface area (Å²) in [6.45, 7) is -0.196. The molecule has 0 fully saturated rings. The lowest BCUT2D eigenvalue weighted by atomic mass is 10.3. The highest BCUT2D eigenvalue weighted by molar-refractivity contribution is 8.14. The summed E-state index contributed by atoms with van der Waals surface area (Å²) < 4.78 is 0. The molecule has 0 radical (unpaired) electrons. The molecule has 0 aliphatic carbocycles. The molecule has 0 aliphatic rings. The number of halogens is 2. The van der Waals surface area contributed by atoms with E-state index in [2.05, 4.69) is 4.98 Å². The van der Waals surface area contributed by atoms with E-state index in [-0.39, 0.29) is 11.7 Å². The van der Waals surface area contributed by atoms with Gasteiger partial charge in [-0.15, -0.1) is 0 Å². The molecule has 0 unspecified atom stereocenters. The van der Waals surface area contributed by atoms with Crippen molar-refractivity contribution in [2.75, 3.05) is 0 Å². The molecule has 0 atom stereocenters. The molecule has 1 N–H and O–H groups in total. The van der Waals surface area contributed by atoms with Gasteiger partial charge >= 0.3 is 0 Å². The number of hydrogen-bond donors (Lipinski definition) is 1. The predicted molar refractivity (Wildman–Crippen MR) is 76.8 cm³/mol. The predicted octanol–water partition coefficient (Wildman–Crippen LogP) is 3.81. The summed E-state index contributed by atoms with van der Waals surface area (Å²) in [4.78, 5) is 16.8. The van der Waals surface area contributed by atoms with Gasteiger partial charge in [-0.05, 0) is 42.1 Å². The third-order valence-corrected chi connectivity index (χ3v) is 3.90. The monoisotopic (exact) mass is 313 g/mol. The third kappa shape index (κ3) is 3.70. The lowest BCUT2D eigenvalue weighted by Crippen LogP contribution is -2.00. The number of aromatic nitrogens is 1. The Balaban J connectivity index is 2.18. The van der Waals surface area contributed by atoms with E-state index in [9.17, 15) is 4.79 Å². The number of pyridine rings is 1. The Labute approximate surface area is 124 Å². The number of aliphatic hydroxyl groups is 1. The second kappa shape index (κ2) is 6.39. The molecule has 1 aromatic heterocycles. The molecule has 2 rings (SSSR count). The van der Waals surface area contributed by atoms with E-state index in [0.29, 0.717) is 26.3 Å². The molecule has 1 aromatic carbocycles.